The molecule has 0 N–H and O–H groups in total. The van der Waals surface area contributed by atoms with Crippen molar-refractivity contribution in [2.45, 2.75) is 20.1 Å². The van der Waals surface area contributed by atoms with Gasteiger partial charge in [-0.05, 0) is 13.8 Å². The Labute approximate surface area is 81.1 Å². The molecule has 1 atom stereocenters. The Morgan fingerprint density at radius 3 is 2.14 bits per heavy atom. The van der Waals surface area contributed by atoms with Crippen LogP contribution in [0.25, 0.3) is 0 Å². The quantitative estimate of drug-likeness (QED) is 0.326. The molecule has 0 saturated carbocycles. The third kappa shape index (κ3) is 3.88. The lowest BCUT2D eigenvalue weighted by molar-refractivity contribution is -0.186. The molecule has 0 aromatic carbocycles. The van der Waals surface area contributed by atoms with E-state index in [2.05, 4.69) is 14.2 Å². The molecule has 0 saturated heterocycles. The Hall–Kier alpha value is -1.59. The van der Waals surface area contributed by atoms with Gasteiger partial charge in [0.2, 0.25) is 0 Å². The van der Waals surface area contributed by atoms with E-state index in [4.69, 9.17) is 0 Å². The minimum atomic E-state index is -1.23. The van der Waals surface area contributed by atoms with Gasteiger partial charge in [-0.2, -0.15) is 0 Å². The van der Waals surface area contributed by atoms with Crippen LogP contribution < -0.4 is 0 Å². The van der Waals surface area contributed by atoms with E-state index in [-0.39, 0.29) is 19.6 Å². The Morgan fingerprint density at radius 1 is 1.29 bits per heavy atom. The summed E-state index contributed by atoms with van der Waals surface area (Å²) in [7, 11) is 0. The number of rotatable bonds is 7. The summed E-state index contributed by atoms with van der Waals surface area (Å²) in [5.41, 5.74) is 0. The molecule has 0 bridgehead atoms. The standard InChI is InChI=1S/C8H12O6/c1-3-12-7(11)6(2)8(13-4-9)14-5-10/h4-6,8H,3H2,1-2H3/t6-/m0/s1. The molecule has 14 heavy (non-hydrogen) atoms. The largest absolute Gasteiger partial charge is 0.466 e. The zero-order chi connectivity index (χ0) is 11.0. The van der Waals surface area contributed by atoms with Gasteiger partial charge in [0.15, 0.2) is 0 Å². The van der Waals surface area contributed by atoms with Crippen LogP contribution in [-0.2, 0) is 28.6 Å². The van der Waals surface area contributed by atoms with Gasteiger partial charge in [-0.1, -0.05) is 0 Å². The van der Waals surface area contributed by atoms with E-state index in [1.165, 1.54) is 6.92 Å². The summed E-state index contributed by atoms with van der Waals surface area (Å²) in [6, 6.07) is 0. The maximum atomic E-state index is 11.1. The topological polar surface area (TPSA) is 78.9 Å². The van der Waals surface area contributed by atoms with Crippen molar-refractivity contribution in [3.05, 3.63) is 0 Å². The molecular weight excluding hydrogens is 192 g/mol. The molecule has 6 nitrogen and oxygen atoms in total. The van der Waals surface area contributed by atoms with Crippen molar-refractivity contribution >= 4 is 18.9 Å². The molecule has 0 heterocycles. The van der Waals surface area contributed by atoms with Crippen LogP contribution in [0.1, 0.15) is 13.8 Å². The third-order valence-electron chi connectivity index (χ3n) is 1.45. The van der Waals surface area contributed by atoms with Gasteiger partial charge >= 0.3 is 5.97 Å². The van der Waals surface area contributed by atoms with Gasteiger partial charge in [-0.15, -0.1) is 0 Å². The Balaban J connectivity index is 4.24. The van der Waals surface area contributed by atoms with E-state index >= 15 is 0 Å². The zero-order valence-corrected chi connectivity index (χ0v) is 7.97. The second kappa shape index (κ2) is 6.88. The predicted molar refractivity (Wildman–Crippen MR) is 43.9 cm³/mol. The molecule has 0 fully saturated rings. The monoisotopic (exact) mass is 204 g/mol. The summed E-state index contributed by atoms with van der Waals surface area (Å²) in [6.45, 7) is 3.47. The second-order valence-corrected chi connectivity index (χ2v) is 2.37. The number of hydrogen-bond acceptors (Lipinski definition) is 6. The Morgan fingerprint density at radius 2 is 1.79 bits per heavy atom. The van der Waals surface area contributed by atoms with Crippen molar-refractivity contribution < 1.29 is 28.6 Å². The highest BCUT2D eigenvalue weighted by atomic mass is 16.7. The number of carbonyl (C=O) groups excluding carboxylic acids is 3. The lowest BCUT2D eigenvalue weighted by atomic mass is 10.2. The van der Waals surface area contributed by atoms with Crippen LogP contribution in [0.4, 0.5) is 0 Å². The van der Waals surface area contributed by atoms with E-state index in [9.17, 15) is 14.4 Å². The summed E-state index contributed by atoms with van der Waals surface area (Å²) in [4.78, 5) is 31.1. The SMILES string of the molecule is CCOC(=O)[C@H](C)C(OC=O)OC=O. The van der Waals surface area contributed by atoms with Crippen molar-refractivity contribution in [1.82, 2.24) is 0 Å². The third-order valence-corrected chi connectivity index (χ3v) is 1.45. The van der Waals surface area contributed by atoms with Gasteiger partial charge in [0.05, 0.1) is 6.61 Å². The minimum absolute atomic E-state index is 0.101. The van der Waals surface area contributed by atoms with Gasteiger partial charge in [-0.3, -0.25) is 14.4 Å². The molecule has 6 heteroatoms. The summed E-state index contributed by atoms with van der Waals surface area (Å²) >= 11 is 0. The van der Waals surface area contributed by atoms with E-state index in [1.54, 1.807) is 6.92 Å². The number of carbonyl (C=O) groups is 3. The van der Waals surface area contributed by atoms with Gasteiger partial charge < -0.3 is 14.2 Å². The molecule has 0 aliphatic heterocycles. The average Bonchev–Trinajstić information content (AvgIpc) is 2.17. The highest BCUT2D eigenvalue weighted by Crippen LogP contribution is 2.09. The number of esters is 1. The van der Waals surface area contributed by atoms with Crippen LogP contribution >= 0.6 is 0 Å². The van der Waals surface area contributed by atoms with Crippen molar-refractivity contribution in [2.24, 2.45) is 5.92 Å². The minimum Gasteiger partial charge on any atom is -0.466 e. The van der Waals surface area contributed by atoms with Gasteiger partial charge in [0.1, 0.15) is 5.92 Å². The van der Waals surface area contributed by atoms with Crippen LogP contribution in [0.5, 0.6) is 0 Å². The van der Waals surface area contributed by atoms with Crippen LogP contribution in [0.15, 0.2) is 0 Å². The molecule has 0 amide bonds. The maximum absolute atomic E-state index is 11.1. The summed E-state index contributed by atoms with van der Waals surface area (Å²) in [5.74, 6) is -1.44. The molecule has 0 radical (unpaired) electrons. The number of hydrogen-bond donors (Lipinski definition) is 0. The normalized spacial score (nSPS) is 11.6. The second-order valence-electron chi connectivity index (χ2n) is 2.37. The van der Waals surface area contributed by atoms with E-state index in [0.717, 1.165) is 0 Å². The Bertz CT molecular complexity index is 192. The van der Waals surface area contributed by atoms with E-state index in [0.29, 0.717) is 0 Å². The molecule has 0 aromatic heterocycles. The van der Waals surface area contributed by atoms with E-state index in [1.807, 2.05) is 0 Å². The molecule has 0 unspecified atom stereocenters. The van der Waals surface area contributed by atoms with Crippen molar-refractivity contribution in [3.8, 4) is 0 Å². The number of ether oxygens (including phenoxy) is 3. The molecule has 0 rings (SSSR count). The van der Waals surface area contributed by atoms with Crippen molar-refractivity contribution in [2.75, 3.05) is 6.61 Å². The van der Waals surface area contributed by atoms with E-state index < -0.39 is 18.2 Å². The van der Waals surface area contributed by atoms with Crippen LogP contribution in [0.3, 0.4) is 0 Å². The Kier molecular flexibility index (Phi) is 6.09. The highest BCUT2D eigenvalue weighted by molar-refractivity contribution is 5.72. The first-order valence-electron chi connectivity index (χ1n) is 4.02. The fourth-order valence-electron chi connectivity index (χ4n) is 0.762. The summed E-state index contributed by atoms with van der Waals surface area (Å²) in [5, 5.41) is 0. The zero-order valence-electron chi connectivity index (χ0n) is 7.97. The maximum Gasteiger partial charge on any atom is 0.316 e. The molecule has 0 aromatic rings. The fraction of sp³-hybridized carbons (Fsp3) is 0.625. The lowest BCUT2D eigenvalue weighted by Gasteiger charge is -2.18. The van der Waals surface area contributed by atoms with Gasteiger partial charge in [-0.25, -0.2) is 0 Å². The molecular formula is C8H12O6. The van der Waals surface area contributed by atoms with Crippen LogP contribution in [0.2, 0.25) is 0 Å². The predicted octanol–water partition coefficient (Wildman–Crippen LogP) is -0.142. The summed E-state index contributed by atoms with van der Waals surface area (Å²) in [6.07, 6.45) is -1.23. The smallest absolute Gasteiger partial charge is 0.316 e. The first-order valence-corrected chi connectivity index (χ1v) is 4.02. The van der Waals surface area contributed by atoms with Gasteiger partial charge in [0, 0.05) is 0 Å². The van der Waals surface area contributed by atoms with Crippen LogP contribution in [0, 0.1) is 5.92 Å². The summed E-state index contributed by atoms with van der Waals surface area (Å²) < 4.78 is 13.4. The first kappa shape index (κ1) is 12.4. The fourth-order valence-corrected chi connectivity index (χ4v) is 0.762. The average molecular weight is 204 g/mol. The molecule has 0 spiro atoms. The first-order chi connectivity index (χ1) is 6.67. The molecule has 80 valence electrons. The lowest BCUT2D eigenvalue weighted by Crippen LogP contribution is -2.31. The molecule has 0 aliphatic carbocycles. The highest BCUT2D eigenvalue weighted by Gasteiger charge is 2.27. The van der Waals surface area contributed by atoms with Crippen molar-refractivity contribution in [1.29, 1.82) is 0 Å². The van der Waals surface area contributed by atoms with Crippen molar-refractivity contribution in [3.63, 3.8) is 0 Å². The molecule has 0 aliphatic rings. The van der Waals surface area contributed by atoms with Gasteiger partial charge in [0.25, 0.3) is 19.2 Å². The van der Waals surface area contributed by atoms with Crippen LogP contribution in [-0.4, -0.2) is 31.8 Å².